The number of methoxy groups -OCH3 is 1. The van der Waals surface area contributed by atoms with Gasteiger partial charge >= 0.3 is 0 Å². The van der Waals surface area contributed by atoms with Crippen molar-refractivity contribution in [1.82, 2.24) is 9.80 Å². The molecule has 0 bridgehead atoms. The highest BCUT2D eigenvalue weighted by atomic mass is 19.1. The molecule has 1 saturated heterocycles. The van der Waals surface area contributed by atoms with E-state index in [-0.39, 0.29) is 23.3 Å². The molecule has 3 rings (SSSR count). The van der Waals surface area contributed by atoms with Crippen LogP contribution >= 0.6 is 0 Å². The van der Waals surface area contributed by atoms with E-state index >= 15 is 0 Å². The quantitative estimate of drug-likeness (QED) is 0.868. The van der Waals surface area contributed by atoms with Crippen LogP contribution in [0.15, 0.2) is 48.5 Å². The standard InChI is InChI=1S/C19H21FN2O2/c1-21-11-12-22(13-16(21)14-7-4-3-5-8-14)19(23)18-15(20)9-6-10-17(18)24-2/h3-10,16H,11-13H2,1-2H3. The maximum absolute atomic E-state index is 14.2. The van der Waals surface area contributed by atoms with Crippen LogP contribution in [0.4, 0.5) is 4.39 Å². The molecule has 1 unspecified atom stereocenters. The molecule has 1 amide bonds. The molecule has 0 saturated carbocycles. The molecule has 0 N–H and O–H groups in total. The number of rotatable bonds is 3. The van der Waals surface area contributed by atoms with Gasteiger partial charge in [-0.2, -0.15) is 0 Å². The zero-order chi connectivity index (χ0) is 17.1. The van der Waals surface area contributed by atoms with E-state index in [0.29, 0.717) is 13.1 Å². The molecule has 126 valence electrons. The summed E-state index contributed by atoms with van der Waals surface area (Å²) in [6, 6.07) is 14.6. The summed E-state index contributed by atoms with van der Waals surface area (Å²) in [4.78, 5) is 16.8. The number of carbonyl (C=O) groups is 1. The highest BCUT2D eigenvalue weighted by Gasteiger charge is 2.31. The van der Waals surface area contributed by atoms with Crippen LogP contribution < -0.4 is 4.74 Å². The molecule has 2 aromatic rings. The Morgan fingerprint density at radius 3 is 2.58 bits per heavy atom. The molecule has 1 heterocycles. The van der Waals surface area contributed by atoms with Gasteiger partial charge in [0.15, 0.2) is 0 Å². The van der Waals surface area contributed by atoms with Crippen molar-refractivity contribution in [2.75, 3.05) is 33.8 Å². The molecule has 1 atom stereocenters. The maximum atomic E-state index is 14.2. The average Bonchev–Trinajstić information content (AvgIpc) is 2.62. The van der Waals surface area contributed by atoms with E-state index in [9.17, 15) is 9.18 Å². The van der Waals surface area contributed by atoms with E-state index < -0.39 is 5.82 Å². The Hall–Kier alpha value is -2.40. The van der Waals surface area contributed by atoms with Crippen molar-refractivity contribution in [2.45, 2.75) is 6.04 Å². The molecule has 4 nitrogen and oxygen atoms in total. The number of nitrogens with zero attached hydrogens (tertiary/aromatic N) is 2. The minimum absolute atomic E-state index is 0.0105. The Kier molecular flexibility index (Phi) is 4.81. The van der Waals surface area contributed by atoms with Gasteiger partial charge in [0.1, 0.15) is 17.1 Å². The summed E-state index contributed by atoms with van der Waals surface area (Å²) in [5, 5.41) is 0. The molecule has 0 aliphatic carbocycles. The number of hydrogen-bond donors (Lipinski definition) is 0. The monoisotopic (exact) mass is 328 g/mol. The first-order chi connectivity index (χ1) is 11.6. The molecule has 2 aromatic carbocycles. The summed E-state index contributed by atoms with van der Waals surface area (Å²) in [7, 11) is 3.49. The van der Waals surface area contributed by atoms with Crippen LogP contribution in [-0.2, 0) is 0 Å². The SMILES string of the molecule is COc1cccc(F)c1C(=O)N1CCN(C)C(c2ccccc2)C1. The normalized spacial score (nSPS) is 18.5. The first-order valence-electron chi connectivity index (χ1n) is 7.98. The molecule has 24 heavy (non-hydrogen) atoms. The van der Waals surface area contributed by atoms with Gasteiger partial charge in [-0.1, -0.05) is 36.4 Å². The highest BCUT2D eigenvalue weighted by molar-refractivity contribution is 5.97. The van der Waals surface area contributed by atoms with Crippen molar-refractivity contribution < 1.29 is 13.9 Å². The van der Waals surface area contributed by atoms with Crippen LogP contribution in [-0.4, -0.2) is 49.5 Å². The Morgan fingerprint density at radius 1 is 1.12 bits per heavy atom. The van der Waals surface area contributed by atoms with Crippen LogP contribution in [0.1, 0.15) is 22.0 Å². The number of amides is 1. The fourth-order valence-corrected chi connectivity index (χ4v) is 3.13. The number of halogens is 1. The number of likely N-dealkylation sites (N-methyl/N-ethyl adjacent to an activating group) is 1. The highest BCUT2D eigenvalue weighted by Crippen LogP contribution is 2.28. The summed E-state index contributed by atoms with van der Waals surface area (Å²) >= 11 is 0. The predicted octanol–water partition coefficient (Wildman–Crippen LogP) is 2.96. The van der Waals surface area contributed by atoms with Crippen molar-refractivity contribution in [2.24, 2.45) is 0 Å². The number of piperazine rings is 1. The zero-order valence-corrected chi connectivity index (χ0v) is 13.9. The number of ether oxygens (including phenoxy) is 1. The smallest absolute Gasteiger partial charge is 0.260 e. The maximum Gasteiger partial charge on any atom is 0.260 e. The van der Waals surface area contributed by atoms with E-state index in [1.165, 1.54) is 13.2 Å². The molecule has 0 radical (unpaired) electrons. The van der Waals surface area contributed by atoms with Gasteiger partial charge in [0.25, 0.3) is 5.91 Å². The summed E-state index contributed by atoms with van der Waals surface area (Å²) in [5.41, 5.74) is 1.16. The third-order valence-corrected chi connectivity index (χ3v) is 4.53. The van der Waals surface area contributed by atoms with Gasteiger partial charge in [-0.25, -0.2) is 4.39 Å². The first-order valence-corrected chi connectivity index (χ1v) is 7.98. The molecule has 0 spiro atoms. The van der Waals surface area contributed by atoms with Gasteiger partial charge in [-0.3, -0.25) is 9.69 Å². The van der Waals surface area contributed by atoms with Crippen molar-refractivity contribution in [1.29, 1.82) is 0 Å². The summed E-state index contributed by atoms with van der Waals surface area (Å²) < 4.78 is 19.4. The third-order valence-electron chi connectivity index (χ3n) is 4.53. The lowest BCUT2D eigenvalue weighted by molar-refractivity contribution is 0.0538. The lowest BCUT2D eigenvalue weighted by atomic mass is 10.0. The Morgan fingerprint density at radius 2 is 1.88 bits per heavy atom. The van der Waals surface area contributed by atoms with Gasteiger partial charge < -0.3 is 9.64 Å². The fourth-order valence-electron chi connectivity index (χ4n) is 3.13. The second kappa shape index (κ2) is 7.01. The van der Waals surface area contributed by atoms with E-state index in [0.717, 1.165) is 12.1 Å². The van der Waals surface area contributed by atoms with Crippen molar-refractivity contribution in [3.05, 3.63) is 65.5 Å². The summed E-state index contributed by atoms with van der Waals surface area (Å²) in [6.07, 6.45) is 0. The molecule has 1 aliphatic rings. The van der Waals surface area contributed by atoms with Gasteiger partial charge in [-0.05, 0) is 24.7 Å². The largest absolute Gasteiger partial charge is 0.496 e. The molecule has 0 aromatic heterocycles. The van der Waals surface area contributed by atoms with Crippen LogP contribution in [0.2, 0.25) is 0 Å². The lowest BCUT2D eigenvalue weighted by Crippen LogP contribution is -2.49. The van der Waals surface area contributed by atoms with E-state index in [1.807, 2.05) is 25.2 Å². The lowest BCUT2D eigenvalue weighted by Gasteiger charge is -2.39. The third kappa shape index (κ3) is 3.12. The van der Waals surface area contributed by atoms with E-state index in [2.05, 4.69) is 17.0 Å². The number of benzene rings is 2. The zero-order valence-electron chi connectivity index (χ0n) is 13.9. The predicted molar refractivity (Wildman–Crippen MR) is 90.7 cm³/mol. The van der Waals surface area contributed by atoms with Crippen molar-refractivity contribution in [3.8, 4) is 5.75 Å². The average molecular weight is 328 g/mol. The molecular weight excluding hydrogens is 307 g/mol. The number of carbonyl (C=O) groups excluding carboxylic acids is 1. The van der Waals surface area contributed by atoms with Gasteiger partial charge in [0.2, 0.25) is 0 Å². The Labute approximate surface area is 141 Å². The molecule has 1 aliphatic heterocycles. The summed E-state index contributed by atoms with van der Waals surface area (Å²) in [6.45, 7) is 1.83. The van der Waals surface area contributed by atoms with Crippen LogP contribution in [0.3, 0.4) is 0 Å². The van der Waals surface area contributed by atoms with E-state index in [4.69, 9.17) is 4.74 Å². The second-order valence-electron chi connectivity index (χ2n) is 5.98. The fraction of sp³-hybridized carbons (Fsp3) is 0.316. The first kappa shape index (κ1) is 16.5. The van der Waals surface area contributed by atoms with Crippen molar-refractivity contribution >= 4 is 5.91 Å². The second-order valence-corrected chi connectivity index (χ2v) is 5.98. The summed E-state index contributed by atoms with van der Waals surface area (Å²) in [5.74, 6) is -0.594. The molecule has 1 fully saturated rings. The topological polar surface area (TPSA) is 32.8 Å². The Bertz CT molecular complexity index is 721. The van der Waals surface area contributed by atoms with Gasteiger partial charge in [-0.15, -0.1) is 0 Å². The molecular formula is C19H21FN2O2. The van der Waals surface area contributed by atoms with Gasteiger partial charge in [0, 0.05) is 19.6 Å². The minimum Gasteiger partial charge on any atom is -0.496 e. The Balaban J connectivity index is 1.86. The van der Waals surface area contributed by atoms with Gasteiger partial charge in [0.05, 0.1) is 13.2 Å². The van der Waals surface area contributed by atoms with Crippen LogP contribution in [0.25, 0.3) is 0 Å². The van der Waals surface area contributed by atoms with Crippen molar-refractivity contribution in [3.63, 3.8) is 0 Å². The molecule has 5 heteroatoms. The van der Waals surface area contributed by atoms with Crippen LogP contribution in [0.5, 0.6) is 5.75 Å². The van der Waals surface area contributed by atoms with E-state index in [1.54, 1.807) is 17.0 Å². The number of hydrogen-bond acceptors (Lipinski definition) is 3. The van der Waals surface area contributed by atoms with Crippen LogP contribution in [0, 0.1) is 5.82 Å². The minimum atomic E-state index is -0.547.